The van der Waals surface area contributed by atoms with Crippen LogP contribution in [-0.2, 0) is 13.1 Å². The predicted molar refractivity (Wildman–Crippen MR) is 80.1 cm³/mol. The zero-order valence-electron chi connectivity index (χ0n) is 11.1. The highest BCUT2D eigenvalue weighted by molar-refractivity contribution is 7.99. The van der Waals surface area contributed by atoms with Crippen LogP contribution in [0.2, 0.25) is 0 Å². The van der Waals surface area contributed by atoms with E-state index >= 15 is 0 Å². The molecule has 0 aliphatic carbocycles. The van der Waals surface area contributed by atoms with Gasteiger partial charge in [0, 0.05) is 36.6 Å². The molecular weight excluding hydrogens is 242 g/mol. The molecule has 0 aliphatic rings. The van der Waals surface area contributed by atoms with Gasteiger partial charge in [0.2, 0.25) is 0 Å². The molecular formula is C14H21N3S. The van der Waals surface area contributed by atoms with Gasteiger partial charge in [-0.15, -0.1) is 0 Å². The van der Waals surface area contributed by atoms with Crippen molar-refractivity contribution in [3.8, 4) is 0 Å². The summed E-state index contributed by atoms with van der Waals surface area (Å²) in [5.41, 5.74) is 2.46. The summed E-state index contributed by atoms with van der Waals surface area (Å²) in [5.74, 6) is 2.33. The SMILES string of the molecule is CCNCc1cn(CCSCC)c2ncccc12. The van der Waals surface area contributed by atoms with Crippen LogP contribution in [0.1, 0.15) is 19.4 Å². The highest BCUT2D eigenvalue weighted by Gasteiger charge is 2.08. The monoisotopic (exact) mass is 263 g/mol. The van der Waals surface area contributed by atoms with Crippen LogP contribution in [0.25, 0.3) is 11.0 Å². The van der Waals surface area contributed by atoms with Gasteiger partial charge in [-0.3, -0.25) is 0 Å². The number of thioether (sulfide) groups is 1. The smallest absolute Gasteiger partial charge is 0.140 e. The molecule has 0 aliphatic heterocycles. The second-order valence-corrected chi connectivity index (χ2v) is 5.59. The fraction of sp³-hybridized carbons (Fsp3) is 0.500. The lowest BCUT2D eigenvalue weighted by atomic mass is 10.2. The summed E-state index contributed by atoms with van der Waals surface area (Å²) in [6.45, 7) is 7.30. The molecule has 1 N–H and O–H groups in total. The predicted octanol–water partition coefficient (Wildman–Crippen LogP) is 2.90. The lowest BCUT2D eigenvalue weighted by Crippen LogP contribution is -2.11. The molecule has 2 aromatic heterocycles. The van der Waals surface area contributed by atoms with Crippen molar-refractivity contribution >= 4 is 22.8 Å². The fourth-order valence-corrected chi connectivity index (χ4v) is 2.69. The van der Waals surface area contributed by atoms with E-state index in [2.05, 4.69) is 41.0 Å². The third-order valence-electron chi connectivity index (χ3n) is 2.96. The first kappa shape index (κ1) is 13.4. The highest BCUT2D eigenvalue weighted by atomic mass is 32.2. The van der Waals surface area contributed by atoms with Crippen molar-refractivity contribution in [3.63, 3.8) is 0 Å². The van der Waals surface area contributed by atoms with Gasteiger partial charge in [-0.1, -0.05) is 13.8 Å². The van der Waals surface area contributed by atoms with Gasteiger partial charge in [0.25, 0.3) is 0 Å². The fourth-order valence-electron chi connectivity index (χ4n) is 2.07. The van der Waals surface area contributed by atoms with E-state index in [1.165, 1.54) is 16.7 Å². The van der Waals surface area contributed by atoms with Crippen LogP contribution >= 0.6 is 11.8 Å². The van der Waals surface area contributed by atoms with Crippen molar-refractivity contribution in [2.24, 2.45) is 0 Å². The van der Waals surface area contributed by atoms with E-state index in [0.29, 0.717) is 0 Å². The number of hydrogen-bond acceptors (Lipinski definition) is 3. The maximum atomic E-state index is 4.51. The van der Waals surface area contributed by atoms with Gasteiger partial charge in [-0.25, -0.2) is 4.98 Å². The number of hydrogen-bond donors (Lipinski definition) is 1. The van der Waals surface area contributed by atoms with Gasteiger partial charge in [-0.2, -0.15) is 11.8 Å². The molecule has 2 aromatic rings. The molecule has 3 nitrogen and oxygen atoms in total. The second kappa shape index (κ2) is 6.81. The number of rotatable bonds is 7. The molecule has 18 heavy (non-hydrogen) atoms. The molecule has 0 aromatic carbocycles. The number of aromatic nitrogens is 2. The Labute approximate surface area is 113 Å². The molecule has 0 atom stereocenters. The summed E-state index contributed by atoms with van der Waals surface area (Å²) < 4.78 is 2.28. The largest absolute Gasteiger partial charge is 0.331 e. The van der Waals surface area contributed by atoms with E-state index in [-0.39, 0.29) is 0 Å². The van der Waals surface area contributed by atoms with Crippen LogP contribution in [0, 0.1) is 0 Å². The average molecular weight is 263 g/mol. The van der Waals surface area contributed by atoms with Gasteiger partial charge < -0.3 is 9.88 Å². The lowest BCUT2D eigenvalue weighted by Gasteiger charge is -2.02. The Morgan fingerprint density at radius 2 is 2.28 bits per heavy atom. The van der Waals surface area contributed by atoms with Crippen molar-refractivity contribution in [2.45, 2.75) is 26.9 Å². The van der Waals surface area contributed by atoms with Gasteiger partial charge in [-0.05, 0) is 30.0 Å². The first-order chi connectivity index (χ1) is 8.86. The molecule has 0 spiro atoms. The maximum Gasteiger partial charge on any atom is 0.140 e. The zero-order chi connectivity index (χ0) is 12.8. The van der Waals surface area contributed by atoms with Gasteiger partial charge in [0.15, 0.2) is 0 Å². The third-order valence-corrected chi connectivity index (χ3v) is 3.84. The third kappa shape index (κ3) is 3.06. The molecule has 2 rings (SSSR count). The Hall–Kier alpha value is -1.00. The number of nitrogens with one attached hydrogen (secondary N) is 1. The van der Waals surface area contributed by atoms with E-state index in [0.717, 1.165) is 31.0 Å². The van der Waals surface area contributed by atoms with Gasteiger partial charge in [0.1, 0.15) is 5.65 Å². The second-order valence-electron chi connectivity index (χ2n) is 4.20. The number of fused-ring (bicyclic) bond motifs is 1. The molecule has 98 valence electrons. The Morgan fingerprint density at radius 1 is 1.39 bits per heavy atom. The van der Waals surface area contributed by atoms with Crippen molar-refractivity contribution in [3.05, 3.63) is 30.1 Å². The molecule has 0 saturated heterocycles. The Morgan fingerprint density at radius 3 is 3.06 bits per heavy atom. The molecule has 0 saturated carbocycles. The van der Waals surface area contributed by atoms with Crippen molar-refractivity contribution < 1.29 is 0 Å². The lowest BCUT2D eigenvalue weighted by molar-refractivity contribution is 0.721. The first-order valence-electron chi connectivity index (χ1n) is 6.58. The molecule has 0 fully saturated rings. The summed E-state index contributed by atoms with van der Waals surface area (Å²) in [5, 5.41) is 4.67. The minimum atomic E-state index is 0.923. The topological polar surface area (TPSA) is 29.9 Å². The average Bonchev–Trinajstić information content (AvgIpc) is 2.76. The highest BCUT2D eigenvalue weighted by Crippen LogP contribution is 2.19. The first-order valence-corrected chi connectivity index (χ1v) is 7.73. The molecule has 0 radical (unpaired) electrons. The maximum absolute atomic E-state index is 4.51. The summed E-state index contributed by atoms with van der Waals surface area (Å²) in [4.78, 5) is 4.51. The van der Waals surface area contributed by atoms with E-state index < -0.39 is 0 Å². The van der Waals surface area contributed by atoms with Gasteiger partial charge >= 0.3 is 0 Å². The number of nitrogens with zero attached hydrogens (tertiary/aromatic N) is 2. The minimum Gasteiger partial charge on any atom is -0.331 e. The van der Waals surface area contributed by atoms with Crippen LogP contribution in [-0.4, -0.2) is 27.6 Å². The van der Waals surface area contributed by atoms with Crippen molar-refractivity contribution in [2.75, 3.05) is 18.1 Å². The van der Waals surface area contributed by atoms with E-state index in [1.54, 1.807) is 0 Å². The molecule has 0 amide bonds. The van der Waals surface area contributed by atoms with Gasteiger partial charge in [0.05, 0.1) is 0 Å². The summed E-state index contributed by atoms with van der Waals surface area (Å²) in [6.07, 6.45) is 4.12. The van der Waals surface area contributed by atoms with E-state index in [9.17, 15) is 0 Å². The normalized spacial score (nSPS) is 11.2. The molecule has 0 unspecified atom stereocenters. The molecule has 2 heterocycles. The number of pyridine rings is 1. The molecule has 0 bridgehead atoms. The Kier molecular flexibility index (Phi) is 5.08. The Balaban J connectivity index is 2.23. The zero-order valence-corrected chi connectivity index (χ0v) is 12.0. The van der Waals surface area contributed by atoms with Crippen LogP contribution in [0.3, 0.4) is 0 Å². The summed E-state index contributed by atoms with van der Waals surface area (Å²) >= 11 is 1.97. The van der Waals surface area contributed by atoms with Crippen LogP contribution in [0.4, 0.5) is 0 Å². The van der Waals surface area contributed by atoms with Crippen molar-refractivity contribution in [1.82, 2.24) is 14.9 Å². The molecule has 4 heteroatoms. The van der Waals surface area contributed by atoms with Crippen LogP contribution in [0.15, 0.2) is 24.5 Å². The van der Waals surface area contributed by atoms with E-state index in [4.69, 9.17) is 0 Å². The summed E-state index contributed by atoms with van der Waals surface area (Å²) in [7, 11) is 0. The van der Waals surface area contributed by atoms with Crippen LogP contribution in [0.5, 0.6) is 0 Å². The summed E-state index contributed by atoms with van der Waals surface area (Å²) in [6, 6.07) is 4.18. The number of aryl methyl sites for hydroxylation is 1. The Bertz CT molecular complexity index is 493. The van der Waals surface area contributed by atoms with Crippen LogP contribution < -0.4 is 5.32 Å². The quantitative estimate of drug-likeness (QED) is 0.779. The minimum absolute atomic E-state index is 0.923. The van der Waals surface area contributed by atoms with Crippen molar-refractivity contribution in [1.29, 1.82) is 0 Å². The standard InChI is InChI=1S/C14H21N3S/c1-3-15-10-12-11-17(8-9-18-4-2)14-13(12)6-5-7-16-14/h5-7,11,15H,3-4,8-10H2,1-2H3. The van der Waals surface area contributed by atoms with E-state index in [1.807, 2.05) is 24.0 Å².